The first kappa shape index (κ1) is 12.9. The van der Waals surface area contributed by atoms with E-state index in [2.05, 4.69) is 16.2 Å². The Morgan fingerprint density at radius 3 is 2.95 bits per heavy atom. The number of nitrogens with one attached hydrogen (secondary N) is 2. The molecule has 0 spiro atoms. The standard InChI is InChI=1S/C15H14N2O2/c1-2-3-6-9-16-15(19)12-10-14(18)17-13-8-5-4-7-11(12)13/h1,4-5,7-8,10H,3,6,9H2,(H,16,19)(H,17,18). The number of carbonyl (C=O) groups is 1. The molecule has 0 aliphatic rings. The summed E-state index contributed by atoms with van der Waals surface area (Å²) in [6.45, 7) is 0.504. The maximum Gasteiger partial charge on any atom is 0.252 e. The van der Waals surface area contributed by atoms with Gasteiger partial charge in [-0.25, -0.2) is 0 Å². The van der Waals surface area contributed by atoms with Crippen molar-refractivity contribution in [3.8, 4) is 12.3 Å². The molecule has 0 fully saturated rings. The molecule has 0 unspecified atom stereocenters. The monoisotopic (exact) mass is 254 g/mol. The first-order valence-electron chi connectivity index (χ1n) is 6.06. The summed E-state index contributed by atoms with van der Waals surface area (Å²) < 4.78 is 0. The van der Waals surface area contributed by atoms with Crippen LogP contribution in [-0.4, -0.2) is 17.4 Å². The third kappa shape index (κ3) is 3.02. The average molecular weight is 254 g/mol. The van der Waals surface area contributed by atoms with Gasteiger partial charge in [-0.05, 0) is 12.5 Å². The fraction of sp³-hybridized carbons (Fsp3) is 0.200. The number of H-pyrrole nitrogens is 1. The lowest BCUT2D eigenvalue weighted by atomic mass is 10.1. The van der Waals surface area contributed by atoms with Crippen LogP contribution in [0.1, 0.15) is 23.2 Å². The Morgan fingerprint density at radius 1 is 1.37 bits per heavy atom. The molecule has 4 heteroatoms. The lowest BCUT2D eigenvalue weighted by Crippen LogP contribution is -2.26. The molecule has 2 aromatic rings. The lowest BCUT2D eigenvalue weighted by Gasteiger charge is -2.07. The number of rotatable bonds is 4. The van der Waals surface area contributed by atoms with Crippen LogP contribution in [0, 0.1) is 12.3 Å². The van der Waals surface area contributed by atoms with Gasteiger partial charge in [-0.15, -0.1) is 12.3 Å². The van der Waals surface area contributed by atoms with Gasteiger partial charge in [0, 0.05) is 29.9 Å². The minimum atomic E-state index is -0.285. The van der Waals surface area contributed by atoms with Crippen LogP contribution in [0.4, 0.5) is 0 Å². The second-order valence-electron chi connectivity index (χ2n) is 4.16. The summed E-state index contributed by atoms with van der Waals surface area (Å²) in [5, 5.41) is 3.50. The van der Waals surface area contributed by atoms with Crippen molar-refractivity contribution in [2.75, 3.05) is 6.54 Å². The Hall–Kier alpha value is -2.54. The molecule has 1 amide bonds. The number of carbonyl (C=O) groups excluding carboxylic acids is 1. The van der Waals surface area contributed by atoms with E-state index in [0.29, 0.717) is 24.0 Å². The zero-order valence-electron chi connectivity index (χ0n) is 10.4. The normalized spacial score (nSPS) is 10.1. The minimum Gasteiger partial charge on any atom is -0.352 e. The van der Waals surface area contributed by atoms with Gasteiger partial charge in [0.1, 0.15) is 0 Å². The Labute approximate surface area is 110 Å². The number of hydrogen-bond acceptors (Lipinski definition) is 2. The van der Waals surface area contributed by atoms with E-state index in [1.54, 1.807) is 6.07 Å². The smallest absolute Gasteiger partial charge is 0.252 e. The molecule has 4 nitrogen and oxygen atoms in total. The maximum atomic E-state index is 12.1. The van der Waals surface area contributed by atoms with Gasteiger partial charge in [0.25, 0.3) is 5.91 Å². The number of fused-ring (bicyclic) bond motifs is 1. The van der Waals surface area contributed by atoms with Crippen LogP contribution in [0.2, 0.25) is 0 Å². The highest BCUT2D eigenvalue weighted by Gasteiger charge is 2.10. The van der Waals surface area contributed by atoms with E-state index in [-0.39, 0.29) is 11.5 Å². The van der Waals surface area contributed by atoms with Crippen LogP contribution in [0.5, 0.6) is 0 Å². The Balaban J connectivity index is 2.26. The number of unbranched alkanes of at least 4 members (excludes halogenated alkanes) is 1. The van der Waals surface area contributed by atoms with Crippen LogP contribution in [0.15, 0.2) is 35.1 Å². The van der Waals surface area contributed by atoms with E-state index in [0.717, 1.165) is 11.8 Å². The summed E-state index contributed by atoms with van der Waals surface area (Å²) in [5.74, 6) is 2.26. The molecule has 1 heterocycles. The van der Waals surface area contributed by atoms with Crippen LogP contribution in [-0.2, 0) is 0 Å². The van der Waals surface area contributed by atoms with E-state index in [1.165, 1.54) is 6.07 Å². The number of pyridine rings is 1. The van der Waals surface area contributed by atoms with Crippen LogP contribution in [0.25, 0.3) is 10.9 Å². The van der Waals surface area contributed by atoms with Crippen LogP contribution in [0.3, 0.4) is 0 Å². The molecule has 96 valence electrons. The van der Waals surface area contributed by atoms with Gasteiger partial charge in [-0.3, -0.25) is 9.59 Å². The van der Waals surface area contributed by atoms with Crippen molar-refractivity contribution in [2.24, 2.45) is 0 Å². The fourth-order valence-corrected chi connectivity index (χ4v) is 1.88. The number of aromatic nitrogens is 1. The van der Waals surface area contributed by atoms with Gasteiger partial charge >= 0.3 is 0 Å². The first-order chi connectivity index (χ1) is 9.22. The van der Waals surface area contributed by atoms with E-state index < -0.39 is 0 Å². The molecule has 0 radical (unpaired) electrons. The third-order valence-corrected chi connectivity index (χ3v) is 2.78. The highest BCUT2D eigenvalue weighted by atomic mass is 16.2. The van der Waals surface area contributed by atoms with Gasteiger partial charge in [-0.2, -0.15) is 0 Å². The maximum absolute atomic E-state index is 12.1. The molecule has 0 aliphatic carbocycles. The highest BCUT2D eigenvalue weighted by molar-refractivity contribution is 6.05. The Kier molecular flexibility index (Phi) is 3.99. The minimum absolute atomic E-state index is 0.251. The number of para-hydroxylation sites is 1. The summed E-state index contributed by atoms with van der Waals surface area (Å²) in [6, 6.07) is 8.54. The molecule has 1 aromatic heterocycles. The molecular weight excluding hydrogens is 240 g/mol. The number of benzene rings is 1. The van der Waals surface area contributed by atoms with Crippen molar-refractivity contribution >= 4 is 16.8 Å². The zero-order valence-corrected chi connectivity index (χ0v) is 10.4. The lowest BCUT2D eigenvalue weighted by molar-refractivity contribution is 0.0955. The second kappa shape index (κ2) is 5.87. The summed E-state index contributed by atoms with van der Waals surface area (Å²) in [5.41, 5.74) is 0.760. The number of amides is 1. The van der Waals surface area contributed by atoms with E-state index in [1.807, 2.05) is 18.2 Å². The van der Waals surface area contributed by atoms with Crippen molar-refractivity contribution in [1.82, 2.24) is 10.3 Å². The van der Waals surface area contributed by atoms with Crippen molar-refractivity contribution in [3.05, 3.63) is 46.2 Å². The van der Waals surface area contributed by atoms with Crippen molar-refractivity contribution in [1.29, 1.82) is 0 Å². The van der Waals surface area contributed by atoms with Gasteiger partial charge in [0.2, 0.25) is 5.56 Å². The van der Waals surface area contributed by atoms with Gasteiger partial charge in [-0.1, -0.05) is 18.2 Å². The van der Waals surface area contributed by atoms with Gasteiger partial charge < -0.3 is 10.3 Å². The summed E-state index contributed by atoms with van der Waals surface area (Å²) in [4.78, 5) is 26.3. The number of aromatic amines is 1. The molecule has 2 N–H and O–H groups in total. The van der Waals surface area contributed by atoms with E-state index in [9.17, 15) is 9.59 Å². The van der Waals surface area contributed by atoms with E-state index >= 15 is 0 Å². The fourth-order valence-electron chi connectivity index (χ4n) is 1.88. The van der Waals surface area contributed by atoms with Crippen molar-refractivity contribution in [2.45, 2.75) is 12.8 Å². The predicted octanol–water partition coefficient (Wildman–Crippen LogP) is 1.67. The highest BCUT2D eigenvalue weighted by Crippen LogP contribution is 2.14. The molecule has 0 saturated carbocycles. The molecule has 0 bridgehead atoms. The topological polar surface area (TPSA) is 62.0 Å². The number of hydrogen-bond donors (Lipinski definition) is 2. The SMILES string of the molecule is C#CCCCNC(=O)c1cc(=O)[nH]c2ccccc12. The predicted molar refractivity (Wildman–Crippen MR) is 75.0 cm³/mol. The van der Waals surface area contributed by atoms with Crippen molar-refractivity contribution < 1.29 is 4.79 Å². The quantitative estimate of drug-likeness (QED) is 0.644. The molecule has 2 rings (SSSR count). The largest absolute Gasteiger partial charge is 0.352 e. The molecule has 0 saturated heterocycles. The Bertz CT molecular complexity index is 695. The average Bonchev–Trinajstić information content (AvgIpc) is 2.42. The second-order valence-corrected chi connectivity index (χ2v) is 4.16. The molecule has 0 atom stereocenters. The third-order valence-electron chi connectivity index (χ3n) is 2.78. The zero-order chi connectivity index (χ0) is 13.7. The summed E-state index contributed by atoms with van der Waals surface area (Å²) in [6.07, 6.45) is 6.49. The Morgan fingerprint density at radius 2 is 2.16 bits per heavy atom. The van der Waals surface area contributed by atoms with Crippen LogP contribution < -0.4 is 10.9 Å². The summed E-state index contributed by atoms with van der Waals surface area (Å²) >= 11 is 0. The molecular formula is C15H14N2O2. The van der Waals surface area contributed by atoms with Crippen molar-refractivity contribution in [3.63, 3.8) is 0 Å². The van der Waals surface area contributed by atoms with Crippen LogP contribution >= 0.6 is 0 Å². The number of terminal acetylenes is 1. The van der Waals surface area contributed by atoms with Gasteiger partial charge in [0.15, 0.2) is 0 Å². The van der Waals surface area contributed by atoms with E-state index in [4.69, 9.17) is 6.42 Å². The van der Waals surface area contributed by atoms with Gasteiger partial charge in [0.05, 0.1) is 5.56 Å². The molecule has 0 aliphatic heterocycles. The molecule has 19 heavy (non-hydrogen) atoms. The summed E-state index contributed by atoms with van der Waals surface area (Å²) in [7, 11) is 0. The first-order valence-corrected chi connectivity index (χ1v) is 6.06. The molecule has 1 aromatic carbocycles.